The van der Waals surface area contributed by atoms with Gasteiger partial charge in [0.25, 0.3) is 5.91 Å². The van der Waals surface area contributed by atoms with E-state index in [2.05, 4.69) is 17.7 Å². The monoisotopic (exact) mass is 539 g/mol. The van der Waals surface area contributed by atoms with Crippen LogP contribution in [-0.4, -0.2) is 31.2 Å². The molecule has 0 spiro atoms. The summed E-state index contributed by atoms with van der Waals surface area (Å²) >= 11 is 0. The van der Waals surface area contributed by atoms with Crippen LogP contribution >= 0.6 is 0 Å². The maximum absolute atomic E-state index is 15.5. The van der Waals surface area contributed by atoms with Crippen molar-refractivity contribution < 1.29 is 31.7 Å². The zero-order valence-corrected chi connectivity index (χ0v) is 24.3. The number of benzene rings is 1. The van der Waals surface area contributed by atoms with Crippen molar-refractivity contribution in [3.63, 3.8) is 0 Å². The van der Waals surface area contributed by atoms with Gasteiger partial charge in [0.1, 0.15) is 11.6 Å². The van der Waals surface area contributed by atoms with E-state index in [1.54, 1.807) is 13.8 Å². The lowest BCUT2D eigenvalue weighted by Crippen LogP contribution is -2.49. The van der Waals surface area contributed by atoms with E-state index in [1.807, 2.05) is 41.5 Å². The normalized spacial score (nSPS) is 12.8. The topological polar surface area (TPSA) is 47.6 Å². The van der Waals surface area contributed by atoms with Gasteiger partial charge in [0.15, 0.2) is 0 Å². The minimum atomic E-state index is -4.55. The molecule has 0 aromatic heterocycles. The molecule has 0 unspecified atom stereocenters. The summed E-state index contributed by atoms with van der Waals surface area (Å²) in [6.07, 6.45) is 3.05. The molecule has 0 heterocycles. The largest absolute Gasteiger partial charge is 0.494 e. The van der Waals surface area contributed by atoms with Crippen molar-refractivity contribution >= 4 is 18.3 Å². The fourth-order valence-corrected chi connectivity index (χ4v) is 3.22. The molecule has 1 aromatic carbocycles. The lowest BCUT2D eigenvalue weighted by Gasteiger charge is -2.41. The third-order valence-corrected chi connectivity index (χ3v) is 6.09. The van der Waals surface area contributed by atoms with Crippen molar-refractivity contribution in [3.8, 4) is 18.1 Å². The Morgan fingerprint density at radius 1 is 1.16 bits per heavy atom. The van der Waals surface area contributed by atoms with Crippen LogP contribution in [0, 0.1) is 23.6 Å². The number of amides is 1. The molecule has 1 N–H and O–H groups in total. The van der Waals surface area contributed by atoms with Gasteiger partial charge >= 0.3 is 13.1 Å². The minimum absolute atomic E-state index is 0.0259. The fourth-order valence-electron chi connectivity index (χ4n) is 3.22. The fraction of sp³-hybridized carbons (Fsp3) is 0.552. The lowest BCUT2D eigenvalue weighted by molar-refractivity contribution is -0.0884. The molecule has 0 saturated carbocycles. The summed E-state index contributed by atoms with van der Waals surface area (Å²) in [5.74, 6) is 1.01. The second kappa shape index (κ2) is 15.0. The molecule has 0 bridgehead atoms. The number of halogens is 4. The van der Waals surface area contributed by atoms with Crippen LogP contribution in [0.3, 0.4) is 0 Å². The Balaban J connectivity index is 0.00000434. The zero-order valence-electron chi connectivity index (χ0n) is 24.3. The van der Waals surface area contributed by atoms with E-state index in [-0.39, 0.29) is 34.5 Å². The van der Waals surface area contributed by atoms with Gasteiger partial charge in [-0.1, -0.05) is 40.2 Å². The highest BCUT2D eigenvalue weighted by atomic mass is 19.4. The van der Waals surface area contributed by atoms with Gasteiger partial charge in [-0.05, 0) is 71.5 Å². The Morgan fingerprint density at radius 2 is 1.71 bits per heavy atom. The van der Waals surface area contributed by atoms with E-state index in [4.69, 9.17) is 9.39 Å². The van der Waals surface area contributed by atoms with Gasteiger partial charge in [-0.25, -0.2) is 4.39 Å². The van der Waals surface area contributed by atoms with Crippen LogP contribution in [0.5, 0.6) is 5.75 Å². The van der Waals surface area contributed by atoms with Crippen LogP contribution in [-0.2, 0) is 4.65 Å². The molecule has 0 atom stereocenters. The number of rotatable bonds is 10. The van der Waals surface area contributed by atoms with Gasteiger partial charge in [0, 0.05) is 16.7 Å². The zero-order chi connectivity index (χ0) is 29.9. The predicted molar refractivity (Wildman–Crippen MR) is 148 cm³/mol. The molecule has 0 aliphatic rings. The maximum Gasteiger partial charge on any atom is 0.416 e. The van der Waals surface area contributed by atoms with Crippen LogP contribution in [0.2, 0.25) is 6.32 Å². The summed E-state index contributed by atoms with van der Waals surface area (Å²) in [7, 11) is 0. The molecule has 4 nitrogen and oxygen atoms in total. The lowest BCUT2D eigenvalue weighted by atomic mass is 9.55. The quantitative estimate of drug-likeness (QED) is 0.145. The SMILES string of the molecule is C#CC.C/C=C(\C=C(/C)NC(=O)c1cc(F)c(B(CCC)OC(C)(C)C(C)(C)C)c(OCC)c1)C(F)(F)F. The number of carbonyl (C=O) groups is 1. The summed E-state index contributed by atoms with van der Waals surface area (Å²) < 4.78 is 66.6. The predicted octanol–water partition coefficient (Wildman–Crippen LogP) is 7.46. The molecule has 1 rings (SSSR count). The second-order valence-corrected chi connectivity index (χ2v) is 10.3. The Morgan fingerprint density at radius 3 is 2.13 bits per heavy atom. The van der Waals surface area contributed by atoms with E-state index in [1.165, 1.54) is 19.9 Å². The third kappa shape index (κ3) is 10.6. The Kier molecular flexibility index (Phi) is 13.9. The molecule has 0 aliphatic carbocycles. The highest BCUT2D eigenvalue weighted by Gasteiger charge is 2.39. The smallest absolute Gasteiger partial charge is 0.416 e. The molecule has 1 aromatic rings. The number of alkyl halides is 3. The van der Waals surface area contributed by atoms with Gasteiger partial charge in [0.2, 0.25) is 0 Å². The maximum atomic E-state index is 15.5. The third-order valence-electron chi connectivity index (χ3n) is 6.09. The van der Waals surface area contributed by atoms with Crippen LogP contribution in [0.15, 0.2) is 35.6 Å². The van der Waals surface area contributed by atoms with Crippen molar-refractivity contribution in [2.45, 2.75) is 93.8 Å². The molecule has 38 heavy (non-hydrogen) atoms. The first-order valence-electron chi connectivity index (χ1n) is 12.6. The molecule has 212 valence electrons. The Hall–Kier alpha value is -2.73. The average molecular weight is 539 g/mol. The first-order chi connectivity index (χ1) is 17.4. The summed E-state index contributed by atoms with van der Waals surface area (Å²) in [6.45, 7) is 17.6. The van der Waals surface area contributed by atoms with Gasteiger partial charge in [-0.2, -0.15) is 13.2 Å². The van der Waals surface area contributed by atoms with E-state index in [0.717, 1.165) is 24.6 Å². The first-order valence-corrected chi connectivity index (χ1v) is 12.6. The van der Waals surface area contributed by atoms with Crippen molar-refractivity contribution in [2.75, 3.05) is 6.61 Å². The standard InChI is InChI=1S/C26H38BF4NO3.C3H4/c1-10-13-27(35-25(8,9)24(5,6)7)22-20(28)15-18(16-21(22)34-12-3)23(33)32-17(4)14-19(11-2)26(29,30)31;1-3-2/h11,14-16H,10,12-13H2,1-9H3,(H,32,33);1H,2H3/b17-14+,19-11+;. The highest BCUT2D eigenvalue weighted by molar-refractivity contribution is 6.68. The van der Waals surface area contributed by atoms with Gasteiger partial charge in [-0.15, -0.1) is 12.3 Å². The highest BCUT2D eigenvalue weighted by Crippen LogP contribution is 2.35. The number of ether oxygens (including phenoxy) is 1. The van der Waals surface area contributed by atoms with E-state index in [9.17, 15) is 18.0 Å². The van der Waals surface area contributed by atoms with E-state index < -0.39 is 36.0 Å². The number of carbonyl (C=O) groups excluding carboxylic acids is 1. The molecule has 0 radical (unpaired) electrons. The molecule has 0 saturated heterocycles. The van der Waals surface area contributed by atoms with Crippen molar-refractivity contribution in [1.82, 2.24) is 5.32 Å². The van der Waals surface area contributed by atoms with Crippen molar-refractivity contribution in [1.29, 1.82) is 0 Å². The van der Waals surface area contributed by atoms with Crippen LogP contribution < -0.4 is 15.5 Å². The summed E-state index contributed by atoms with van der Waals surface area (Å²) in [5, 5.41) is 2.39. The van der Waals surface area contributed by atoms with Crippen LogP contribution in [0.4, 0.5) is 17.6 Å². The Bertz CT molecular complexity index is 1030. The molecule has 0 fully saturated rings. The Labute approximate surface area is 226 Å². The van der Waals surface area contributed by atoms with E-state index in [0.29, 0.717) is 6.32 Å². The van der Waals surface area contributed by atoms with Gasteiger partial charge in [0.05, 0.1) is 17.8 Å². The van der Waals surface area contributed by atoms with Gasteiger partial charge < -0.3 is 14.7 Å². The molecule has 9 heteroatoms. The van der Waals surface area contributed by atoms with Gasteiger partial charge in [-0.3, -0.25) is 4.79 Å². The average Bonchev–Trinajstić information content (AvgIpc) is 2.76. The molecule has 0 aliphatic heterocycles. The number of nitrogens with one attached hydrogen (secondary N) is 1. The van der Waals surface area contributed by atoms with Crippen molar-refractivity contribution in [3.05, 3.63) is 46.9 Å². The van der Waals surface area contributed by atoms with E-state index >= 15 is 4.39 Å². The molecular formula is C29H42BF4NO3. The minimum Gasteiger partial charge on any atom is -0.494 e. The second-order valence-electron chi connectivity index (χ2n) is 10.3. The number of allylic oxidation sites excluding steroid dienone is 4. The summed E-state index contributed by atoms with van der Waals surface area (Å²) in [6, 6.07) is 2.47. The van der Waals surface area contributed by atoms with Crippen LogP contribution in [0.25, 0.3) is 0 Å². The summed E-state index contributed by atoms with van der Waals surface area (Å²) in [4.78, 5) is 12.7. The number of hydrogen-bond donors (Lipinski definition) is 1. The summed E-state index contributed by atoms with van der Waals surface area (Å²) in [5.41, 5.74) is -1.59. The molecular weight excluding hydrogens is 497 g/mol. The number of hydrogen-bond acceptors (Lipinski definition) is 3. The molecule has 1 amide bonds. The first kappa shape index (κ1) is 35.3. The van der Waals surface area contributed by atoms with Crippen molar-refractivity contribution in [2.24, 2.45) is 5.41 Å². The van der Waals surface area contributed by atoms with Crippen LogP contribution in [0.1, 0.15) is 86.0 Å². The number of terminal acetylenes is 1.